The number of likely N-dealkylation sites (N-methyl/N-ethyl adjacent to an activating group) is 1. The summed E-state index contributed by atoms with van der Waals surface area (Å²) in [5.74, 6) is 0.840. The lowest BCUT2D eigenvalue weighted by atomic mass is 10.1. The molecule has 0 fully saturated rings. The minimum atomic E-state index is -0.256. The van der Waals surface area contributed by atoms with Gasteiger partial charge in [-0.1, -0.05) is 31.1 Å². The van der Waals surface area contributed by atoms with Gasteiger partial charge in [-0.05, 0) is 19.1 Å². The number of carbonyl (C=O) groups is 1. The molecule has 7 nitrogen and oxygen atoms in total. The van der Waals surface area contributed by atoms with Crippen LogP contribution in [0.4, 0.5) is 0 Å². The first-order valence-corrected chi connectivity index (χ1v) is 8.52. The van der Waals surface area contributed by atoms with Gasteiger partial charge in [0.2, 0.25) is 5.91 Å². The average molecular weight is 354 g/mol. The van der Waals surface area contributed by atoms with Crippen molar-refractivity contribution in [2.45, 2.75) is 39.8 Å². The molecule has 0 aliphatic heterocycles. The minimum absolute atomic E-state index is 0.0475. The highest BCUT2D eigenvalue weighted by molar-refractivity contribution is 5.80. The quantitative estimate of drug-likeness (QED) is 0.703. The Kier molecular flexibility index (Phi) is 4.88. The number of amides is 1. The highest BCUT2D eigenvalue weighted by Crippen LogP contribution is 2.16. The Balaban J connectivity index is 1.82. The third-order valence-electron chi connectivity index (χ3n) is 4.28. The molecule has 0 atom stereocenters. The Hall–Kier alpha value is -2.96. The topological polar surface area (TPSA) is 81.2 Å². The monoisotopic (exact) mass is 354 g/mol. The molecular weight excluding hydrogens is 332 g/mol. The Labute approximate surface area is 151 Å². The van der Waals surface area contributed by atoms with E-state index in [1.165, 1.54) is 4.57 Å². The molecule has 26 heavy (non-hydrogen) atoms. The van der Waals surface area contributed by atoms with Gasteiger partial charge < -0.3 is 9.42 Å². The van der Waals surface area contributed by atoms with E-state index in [2.05, 4.69) is 10.1 Å². The Morgan fingerprint density at radius 2 is 2.04 bits per heavy atom. The maximum Gasteiger partial charge on any atom is 0.272 e. The maximum atomic E-state index is 12.7. The molecule has 0 aliphatic rings. The molecule has 7 heteroatoms. The molecule has 2 aromatic heterocycles. The summed E-state index contributed by atoms with van der Waals surface area (Å²) < 4.78 is 6.74. The van der Waals surface area contributed by atoms with Crippen LogP contribution in [0.25, 0.3) is 11.0 Å². The lowest BCUT2D eigenvalue weighted by Gasteiger charge is -2.17. The number of aromatic nitrogens is 3. The molecule has 136 valence electrons. The van der Waals surface area contributed by atoms with Crippen LogP contribution in [0.15, 0.2) is 39.6 Å². The largest absolute Gasteiger partial charge is 0.361 e. The summed E-state index contributed by atoms with van der Waals surface area (Å²) in [7, 11) is 1.69. The number of benzene rings is 1. The molecule has 0 spiro atoms. The second-order valence-electron chi connectivity index (χ2n) is 6.70. The fourth-order valence-corrected chi connectivity index (χ4v) is 2.74. The summed E-state index contributed by atoms with van der Waals surface area (Å²) >= 11 is 0. The summed E-state index contributed by atoms with van der Waals surface area (Å²) in [5.41, 5.74) is 2.14. The molecule has 0 bridgehead atoms. The van der Waals surface area contributed by atoms with Crippen molar-refractivity contribution >= 4 is 16.9 Å². The predicted octanol–water partition coefficient (Wildman–Crippen LogP) is 2.47. The van der Waals surface area contributed by atoms with Crippen LogP contribution in [-0.2, 0) is 17.9 Å². The van der Waals surface area contributed by atoms with Crippen molar-refractivity contribution < 1.29 is 9.32 Å². The summed E-state index contributed by atoms with van der Waals surface area (Å²) in [6, 6.07) is 9.16. The molecule has 0 saturated carbocycles. The molecular formula is C19H22N4O3. The van der Waals surface area contributed by atoms with Gasteiger partial charge in [-0.15, -0.1) is 0 Å². The van der Waals surface area contributed by atoms with Crippen molar-refractivity contribution in [1.29, 1.82) is 0 Å². The van der Waals surface area contributed by atoms with Crippen LogP contribution in [0.5, 0.6) is 0 Å². The van der Waals surface area contributed by atoms with E-state index in [4.69, 9.17) is 4.52 Å². The average Bonchev–Trinajstić information content (AvgIpc) is 3.07. The van der Waals surface area contributed by atoms with Gasteiger partial charge in [0.1, 0.15) is 23.7 Å². The minimum Gasteiger partial charge on any atom is -0.361 e. The second-order valence-corrected chi connectivity index (χ2v) is 6.70. The van der Waals surface area contributed by atoms with E-state index in [1.54, 1.807) is 24.9 Å². The Morgan fingerprint density at radius 3 is 2.73 bits per heavy atom. The lowest BCUT2D eigenvalue weighted by molar-refractivity contribution is -0.131. The third-order valence-corrected chi connectivity index (χ3v) is 4.28. The van der Waals surface area contributed by atoms with Gasteiger partial charge in [0.05, 0.1) is 17.6 Å². The van der Waals surface area contributed by atoms with E-state index in [9.17, 15) is 9.59 Å². The molecule has 0 radical (unpaired) electrons. The molecule has 0 saturated heterocycles. The number of carbonyl (C=O) groups excluding carboxylic acids is 1. The van der Waals surface area contributed by atoms with Crippen molar-refractivity contribution in [3.05, 3.63) is 57.8 Å². The molecule has 3 rings (SSSR count). The van der Waals surface area contributed by atoms with Crippen LogP contribution in [-0.4, -0.2) is 32.6 Å². The number of fused-ring (bicyclic) bond motifs is 1. The van der Waals surface area contributed by atoms with E-state index in [1.807, 2.05) is 38.1 Å². The first kappa shape index (κ1) is 17.8. The van der Waals surface area contributed by atoms with E-state index in [0.717, 1.165) is 5.76 Å². The van der Waals surface area contributed by atoms with Crippen molar-refractivity contribution in [3.8, 4) is 0 Å². The number of hydrogen-bond acceptors (Lipinski definition) is 5. The summed E-state index contributed by atoms with van der Waals surface area (Å²) in [6.45, 7) is 5.97. The molecule has 1 aromatic carbocycles. The van der Waals surface area contributed by atoms with E-state index in [0.29, 0.717) is 29.0 Å². The first-order valence-electron chi connectivity index (χ1n) is 8.52. The summed E-state index contributed by atoms with van der Waals surface area (Å²) in [5, 5.41) is 4.00. The van der Waals surface area contributed by atoms with Crippen LogP contribution in [0, 0.1) is 6.92 Å². The second kappa shape index (κ2) is 7.11. The molecule has 0 N–H and O–H groups in total. The van der Waals surface area contributed by atoms with E-state index in [-0.39, 0.29) is 23.9 Å². The smallest absolute Gasteiger partial charge is 0.272 e. The van der Waals surface area contributed by atoms with Crippen LogP contribution < -0.4 is 5.56 Å². The fraction of sp³-hybridized carbons (Fsp3) is 0.368. The molecule has 0 unspecified atom stereocenters. The Morgan fingerprint density at radius 1 is 1.31 bits per heavy atom. The SMILES string of the molecule is Cc1nc2ccccc2n(CC(=O)N(C)Cc2cc(C(C)C)on2)c1=O. The van der Waals surface area contributed by atoms with Gasteiger partial charge in [-0.25, -0.2) is 4.98 Å². The zero-order valence-corrected chi connectivity index (χ0v) is 15.4. The van der Waals surface area contributed by atoms with Crippen molar-refractivity contribution in [3.63, 3.8) is 0 Å². The van der Waals surface area contributed by atoms with Crippen LogP contribution in [0.2, 0.25) is 0 Å². The lowest BCUT2D eigenvalue weighted by Crippen LogP contribution is -2.34. The van der Waals surface area contributed by atoms with E-state index >= 15 is 0 Å². The summed E-state index contributed by atoms with van der Waals surface area (Å²) in [6.07, 6.45) is 0. The molecule has 3 aromatic rings. The number of nitrogens with zero attached hydrogens (tertiary/aromatic N) is 4. The normalized spacial score (nSPS) is 11.3. The third kappa shape index (κ3) is 3.51. The van der Waals surface area contributed by atoms with E-state index < -0.39 is 0 Å². The standard InChI is InChI=1S/C19H22N4O3/c1-12(2)17-9-14(21-26-17)10-22(4)18(24)11-23-16-8-6-5-7-15(16)20-13(3)19(23)25/h5-9,12H,10-11H2,1-4H3. The first-order chi connectivity index (χ1) is 12.4. The van der Waals surface area contributed by atoms with Crippen molar-refractivity contribution in [2.75, 3.05) is 7.05 Å². The number of hydrogen-bond donors (Lipinski definition) is 0. The van der Waals surface area contributed by atoms with Gasteiger partial charge in [0, 0.05) is 19.0 Å². The zero-order chi connectivity index (χ0) is 18.8. The van der Waals surface area contributed by atoms with Gasteiger partial charge in [0.25, 0.3) is 5.56 Å². The molecule has 0 aliphatic carbocycles. The van der Waals surface area contributed by atoms with Gasteiger partial charge in [-0.3, -0.25) is 14.2 Å². The van der Waals surface area contributed by atoms with Crippen LogP contribution in [0.3, 0.4) is 0 Å². The van der Waals surface area contributed by atoms with Gasteiger partial charge in [-0.2, -0.15) is 0 Å². The fourth-order valence-electron chi connectivity index (χ4n) is 2.74. The van der Waals surface area contributed by atoms with Gasteiger partial charge in [0.15, 0.2) is 0 Å². The van der Waals surface area contributed by atoms with Crippen LogP contribution in [0.1, 0.15) is 36.9 Å². The van der Waals surface area contributed by atoms with Crippen molar-refractivity contribution in [1.82, 2.24) is 19.6 Å². The molecule has 1 amide bonds. The van der Waals surface area contributed by atoms with Crippen LogP contribution >= 0.6 is 0 Å². The highest BCUT2D eigenvalue weighted by Gasteiger charge is 2.16. The predicted molar refractivity (Wildman–Crippen MR) is 97.8 cm³/mol. The number of rotatable bonds is 5. The molecule has 2 heterocycles. The summed E-state index contributed by atoms with van der Waals surface area (Å²) in [4.78, 5) is 31.0. The van der Waals surface area contributed by atoms with Crippen molar-refractivity contribution in [2.24, 2.45) is 0 Å². The number of para-hydroxylation sites is 2. The van der Waals surface area contributed by atoms with Gasteiger partial charge >= 0.3 is 0 Å². The number of aryl methyl sites for hydroxylation is 1. The highest BCUT2D eigenvalue weighted by atomic mass is 16.5. The Bertz CT molecular complexity index is 1000. The maximum absolute atomic E-state index is 12.7. The zero-order valence-electron chi connectivity index (χ0n) is 15.4.